The summed E-state index contributed by atoms with van der Waals surface area (Å²) in [5, 5.41) is 9.06. The Bertz CT molecular complexity index is 832. The van der Waals surface area contributed by atoms with Crippen LogP contribution in [0.2, 0.25) is 0 Å². The molecule has 2 unspecified atom stereocenters. The molecule has 0 radical (unpaired) electrons. The minimum atomic E-state index is -1.10. The van der Waals surface area contributed by atoms with E-state index in [-0.39, 0.29) is 12.1 Å². The van der Waals surface area contributed by atoms with Crippen molar-refractivity contribution < 1.29 is 9.59 Å². The van der Waals surface area contributed by atoms with Crippen molar-refractivity contribution in [3.8, 4) is 0 Å². The summed E-state index contributed by atoms with van der Waals surface area (Å²) < 4.78 is 0. The van der Waals surface area contributed by atoms with Crippen molar-refractivity contribution in [3.63, 3.8) is 0 Å². The van der Waals surface area contributed by atoms with Crippen molar-refractivity contribution in [2.24, 2.45) is 0 Å². The summed E-state index contributed by atoms with van der Waals surface area (Å²) in [5.41, 5.74) is -0.517. The molecule has 2 atom stereocenters. The molecule has 26 heavy (non-hydrogen) atoms. The summed E-state index contributed by atoms with van der Waals surface area (Å²) in [6, 6.07) is 18.5. The van der Waals surface area contributed by atoms with Crippen LogP contribution in [0.15, 0.2) is 60.7 Å². The van der Waals surface area contributed by atoms with E-state index in [0.29, 0.717) is 18.7 Å². The van der Waals surface area contributed by atoms with E-state index in [1.54, 1.807) is 4.90 Å². The molecule has 0 saturated carbocycles. The van der Waals surface area contributed by atoms with Crippen LogP contribution in [0.25, 0.3) is 0 Å². The number of carbonyl (C=O) groups excluding carboxylic acids is 2. The topological polar surface area (TPSA) is 73.5 Å². The zero-order chi connectivity index (χ0) is 18.2. The van der Waals surface area contributed by atoms with Gasteiger partial charge in [-0.2, -0.15) is 12.6 Å². The highest BCUT2D eigenvalue weighted by molar-refractivity contribution is 7.80. The number of amides is 4. The number of thiol groups is 1. The Balaban J connectivity index is 1.96. The van der Waals surface area contributed by atoms with Gasteiger partial charge in [0.2, 0.25) is 0 Å². The van der Waals surface area contributed by atoms with Crippen LogP contribution >= 0.6 is 12.6 Å². The number of rotatable bonds is 5. The average Bonchev–Trinajstić information content (AvgIpc) is 3.09. The first-order valence-corrected chi connectivity index (χ1v) is 9.19. The molecule has 3 N–H and O–H groups in total. The molecule has 0 aromatic heterocycles. The van der Waals surface area contributed by atoms with Gasteiger partial charge >= 0.3 is 12.1 Å². The maximum absolute atomic E-state index is 13.0. The van der Waals surface area contributed by atoms with E-state index < -0.39 is 11.3 Å². The normalized spacial score (nSPS) is 26.9. The van der Waals surface area contributed by atoms with Crippen LogP contribution in [0, 0.1) is 0 Å². The molecule has 4 amide bonds. The van der Waals surface area contributed by atoms with Gasteiger partial charge in [0.15, 0.2) is 11.3 Å². The van der Waals surface area contributed by atoms with Gasteiger partial charge in [-0.1, -0.05) is 60.7 Å². The van der Waals surface area contributed by atoms with E-state index in [0.717, 1.165) is 11.1 Å². The Morgan fingerprint density at radius 3 is 2.08 bits per heavy atom. The molecule has 4 rings (SSSR count). The molecule has 6 nitrogen and oxygen atoms in total. The average molecular weight is 368 g/mol. The molecule has 7 heteroatoms. The fourth-order valence-electron chi connectivity index (χ4n) is 3.99. The van der Waals surface area contributed by atoms with Crippen molar-refractivity contribution in [2.45, 2.75) is 17.7 Å². The summed E-state index contributed by atoms with van der Waals surface area (Å²) in [6.45, 7) is 0.473. The lowest BCUT2D eigenvalue weighted by atomic mass is 9.82. The maximum atomic E-state index is 13.0. The second-order valence-electron chi connectivity index (χ2n) is 6.43. The van der Waals surface area contributed by atoms with Gasteiger partial charge in [-0.15, -0.1) is 0 Å². The predicted molar refractivity (Wildman–Crippen MR) is 102 cm³/mol. The van der Waals surface area contributed by atoms with Crippen molar-refractivity contribution in [1.82, 2.24) is 20.9 Å². The molecule has 0 spiro atoms. The molecule has 0 bridgehead atoms. The molecule has 2 fully saturated rings. The Labute approximate surface area is 157 Å². The third-order valence-electron chi connectivity index (χ3n) is 5.02. The Hall–Kier alpha value is -2.67. The van der Waals surface area contributed by atoms with Gasteiger partial charge < -0.3 is 16.0 Å². The van der Waals surface area contributed by atoms with Crippen molar-refractivity contribution in [2.75, 3.05) is 12.3 Å². The van der Waals surface area contributed by atoms with Gasteiger partial charge in [0.05, 0.1) is 0 Å². The number of carbonyl (C=O) groups is 2. The quantitative estimate of drug-likeness (QED) is 0.612. The number of benzene rings is 2. The van der Waals surface area contributed by atoms with Gasteiger partial charge in [0, 0.05) is 17.7 Å². The first kappa shape index (κ1) is 16.8. The minimum absolute atomic E-state index is 0.230. The zero-order valence-electron chi connectivity index (χ0n) is 14.1. The molecule has 2 aromatic rings. The number of urea groups is 2. The van der Waals surface area contributed by atoms with Crippen molar-refractivity contribution in [1.29, 1.82) is 0 Å². The van der Waals surface area contributed by atoms with E-state index in [9.17, 15) is 9.59 Å². The predicted octanol–water partition coefficient (Wildman–Crippen LogP) is 2.35. The zero-order valence-corrected chi connectivity index (χ0v) is 15.0. The van der Waals surface area contributed by atoms with Gasteiger partial charge in [-0.3, -0.25) is 4.90 Å². The first-order valence-electron chi connectivity index (χ1n) is 8.56. The SMILES string of the molecule is O=C1NC2(c3ccccc3)NC(=O)N(CCCS)C2(c2ccccc2)N1. The third kappa shape index (κ3) is 2.20. The number of hydrogen-bond donors (Lipinski definition) is 4. The minimum Gasteiger partial charge on any atom is -0.307 e. The first-order chi connectivity index (χ1) is 12.6. The van der Waals surface area contributed by atoms with Crippen molar-refractivity contribution >= 4 is 24.7 Å². The summed E-state index contributed by atoms with van der Waals surface area (Å²) in [7, 11) is 0. The van der Waals surface area contributed by atoms with Crippen LogP contribution in [-0.4, -0.2) is 29.3 Å². The van der Waals surface area contributed by atoms with Gasteiger partial charge in [0.1, 0.15) is 0 Å². The largest absolute Gasteiger partial charge is 0.321 e. The maximum Gasteiger partial charge on any atom is 0.321 e. The summed E-state index contributed by atoms with van der Waals surface area (Å²) in [4.78, 5) is 27.2. The van der Waals surface area contributed by atoms with E-state index in [1.165, 1.54) is 0 Å². The molecule has 134 valence electrons. The molecule has 2 aromatic carbocycles. The fourth-order valence-corrected chi connectivity index (χ4v) is 4.13. The number of hydrogen-bond acceptors (Lipinski definition) is 3. The lowest BCUT2D eigenvalue weighted by molar-refractivity contribution is 0.0827. The van der Waals surface area contributed by atoms with E-state index in [2.05, 4.69) is 28.6 Å². The van der Waals surface area contributed by atoms with Crippen LogP contribution in [0.5, 0.6) is 0 Å². The van der Waals surface area contributed by atoms with Crippen molar-refractivity contribution in [3.05, 3.63) is 71.8 Å². The summed E-state index contributed by atoms with van der Waals surface area (Å²) >= 11 is 4.28. The molecular weight excluding hydrogens is 348 g/mol. The molecule has 2 aliphatic rings. The number of nitrogens with zero attached hydrogens (tertiary/aromatic N) is 1. The van der Waals surface area contributed by atoms with E-state index >= 15 is 0 Å². The Morgan fingerprint density at radius 2 is 1.46 bits per heavy atom. The molecular formula is C19H20N4O2S. The van der Waals surface area contributed by atoms with Gasteiger partial charge in [-0.05, 0) is 12.2 Å². The highest BCUT2D eigenvalue weighted by atomic mass is 32.1. The Morgan fingerprint density at radius 1 is 0.846 bits per heavy atom. The second-order valence-corrected chi connectivity index (χ2v) is 6.88. The smallest absolute Gasteiger partial charge is 0.307 e. The van der Waals surface area contributed by atoms with Crippen LogP contribution in [0.1, 0.15) is 17.5 Å². The van der Waals surface area contributed by atoms with Gasteiger partial charge in [0.25, 0.3) is 0 Å². The fraction of sp³-hybridized carbons (Fsp3) is 0.263. The number of nitrogens with one attached hydrogen (secondary N) is 3. The summed E-state index contributed by atoms with van der Waals surface area (Å²) in [5.74, 6) is 0.647. The highest BCUT2D eigenvalue weighted by Crippen LogP contribution is 2.48. The molecule has 2 aliphatic heterocycles. The van der Waals surface area contributed by atoms with E-state index in [4.69, 9.17) is 0 Å². The number of fused-ring (bicyclic) bond motifs is 1. The molecule has 2 saturated heterocycles. The monoisotopic (exact) mass is 368 g/mol. The molecule has 0 aliphatic carbocycles. The highest BCUT2D eigenvalue weighted by Gasteiger charge is 2.70. The standard InChI is InChI=1S/C19H20N4O2S/c24-16-20-18(14-8-3-1-4-9-14)19(21-16,15-10-5-2-6-11-15)23(12-7-13-26)17(25)22-18/h1-6,8-11,26H,7,12-13H2,(H,22,25)(H2,20,21,24). The molecule has 2 heterocycles. The van der Waals surface area contributed by atoms with Crippen LogP contribution in [0.4, 0.5) is 9.59 Å². The van der Waals surface area contributed by atoms with Crippen LogP contribution in [-0.2, 0) is 11.3 Å². The Kier molecular flexibility index (Phi) is 4.03. The lowest BCUT2D eigenvalue weighted by Crippen LogP contribution is -2.61. The van der Waals surface area contributed by atoms with Crippen LogP contribution in [0.3, 0.4) is 0 Å². The third-order valence-corrected chi connectivity index (χ3v) is 5.34. The summed E-state index contributed by atoms with van der Waals surface area (Å²) in [6.07, 6.45) is 0.714. The second kappa shape index (κ2) is 6.25. The van der Waals surface area contributed by atoms with Gasteiger partial charge in [-0.25, -0.2) is 9.59 Å². The van der Waals surface area contributed by atoms with Crippen LogP contribution < -0.4 is 16.0 Å². The van der Waals surface area contributed by atoms with E-state index in [1.807, 2.05) is 60.7 Å². The lowest BCUT2D eigenvalue weighted by Gasteiger charge is -2.42.